The molecule has 2 aliphatic heterocycles. The van der Waals surface area contributed by atoms with Crippen LogP contribution in [0.15, 0.2) is 24.8 Å². The van der Waals surface area contributed by atoms with Crippen molar-refractivity contribution in [2.24, 2.45) is 5.92 Å². The minimum atomic E-state index is -0.498. The van der Waals surface area contributed by atoms with Crippen molar-refractivity contribution in [2.45, 2.75) is 38.3 Å². The zero-order valence-corrected chi connectivity index (χ0v) is 10.0. The van der Waals surface area contributed by atoms with Gasteiger partial charge >= 0.3 is 0 Å². The van der Waals surface area contributed by atoms with Crippen molar-refractivity contribution < 1.29 is 14.2 Å². The van der Waals surface area contributed by atoms with Crippen molar-refractivity contribution in [1.29, 1.82) is 0 Å². The highest BCUT2D eigenvalue weighted by Gasteiger charge is 2.34. The first-order valence-electron chi connectivity index (χ1n) is 5.83. The fourth-order valence-electron chi connectivity index (χ4n) is 2.01. The third-order valence-corrected chi connectivity index (χ3v) is 3.02. The first-order chi connectivity index (χ1) is 7.61. The van der Waals surface area contributed by atoms with E-state index in [0.717, 1.165) is 6.42 Å². The molecule has 0 saturated carbocycles. The summed E-state index contributed by atoms with van der Waals surface area (Å²) in [6.45, 7) is 8.86. The zero-order chi connectivity index (χ0) is 11.6. The fraction of sp³-hybridized carbons (Fsp3) is 0.692. The third-order valence-electron chi connectivity index (χ3n) is 3.02. The van der Waals surface area contributed by atoms with Gasteiger partial charge in [-0.1, -0.05) is 18.2 Å². The average molecular weight is 224 g/mol. The van der Waals surface area contributed by atoms with Crippen molar-refractivity contribution in [3.05, 3.63) is 24.8 Å². The van der Waals surface area contributed by atoms with Crippen molar-refractivity contribution in [2.75, 3.05) is 13.2 Å². The average Bonchev–Trinajstić information content (AvgIpc) is 2.39. The molecule has 3 nitrogen and oxygen atoms in total. The van der Waals surface area contributed by atoms with Crippen molar-refractivity contribution in [3.8, 4) is 0 Å². The lowest BCUT2D eigenvalue weighted by molar-refractivity contribution is -0.205. The molecule has 0 spiro atoms. The predicted molar refractivity (Wildman–Crippen MR) is 62.1 cm³/mol. The van der Waals surface area contributed by atoms with Crippen LogP contribution in [-0.4, -0.2) is 31.2 Å². The second-order valence-electron chi connectivity index (χ2n) is 4.81. The lowest BCUT2D eigenvalue weighted by atomic mass is 9.98. The van der Waals surface area contributed by atoms with Crippen LogP contribution >= 0.6 is 0 Å². The normalized spacial score (nSPS) is 37.5. The van der Waals surface area contributed by atoms with Crippen molar-refractivity contribution >= 4 is 0 Å². The molecule has 0 N–H and O–H groups in total. The highest BCUT2D eigenvalue weighted by molar-refractivity contribution is 5.04. The molecule has 0 aromatic rings. The van der Waals surface area contributed by atoms with Gasteiger partial charge in [-0.25, -0.2) is 0 Å². The fourth-order valence-corrected chi connectivity index (χ4v) is 2.01. The zero-order valence-electron chi connectivity index (χ0n) is 10.0. The summed E-state index contributed by atoms with van der Waals surface area (Å²) < 4.78 is 17.3. The molecule has 0 aliphatic carbocycles. The Labute approximate surface area is 97.1 Å². The Morgan fingerprint density at radius 3 is 2.81 bits per heavy atom. The van der Waals surface area contributed by atoms with Gasteiger partial charge in [0, 0.05) is 5.92 Å². The Kier molecular flexibility index (Phi) is 3.47. The quantitative estimate of drug-likeness (QED) is 0.673. The summed E-state index contributed by atoms with van der Waals surface area (Å²) in [5.74, 6) is -0.189. The lowest BCUT2D eigenvalue weighted by Crippen LogP contribution is -2.35. The van der Waals surface area contributed by atoms with Crippen LogP contribution in [0.25, 0.3) is 0 Å². The first kappa shape index (κ1) is 11.8. The second kappa shape index (κ2) is 4.70. The van der Waals surface area contributed by atoms with E-state index < -0.39 is 5.79 Å². The van der Waals surface area contributed by atoms with Gasteiger partial charge in [0.25, 0.3) is 0 Å². The molecule has 3 heteroatoms. The maximum Gasteiger partial charge on any atom is 0.162 e. The maximum absolute atomic E-state index is 5.94. The highest BCUT2D eigenvalue weighted by atomic mass is 16.7. The van der Waals surface area contributed by atoms with E-state index in [1.165, 1.54) is 0 Å². The maximum atomic E-state index is 5.94. The molecule has 1 saturated heterocycles. The molecular weight excluding hydrogens is 204 g/mol. The van der Waals surface area contributed by atoms with Crippen LogP contribution in [-0.2, 0) is 14.2 Å². The van der Waals surface area contributed by atoms with Gasteiger partial charge in [-0.3, -0.25) is 0 Å². The summed E-state index contributed by atoms with van der Waals surface area (Å²) in [5.41, 5.74) is 0. The monoisotopic (exact) mass is 224 g/mol. The van der Waals surface area contributed by atoms with E-state index in [2.05, 4.69) is 18.7 Å². The third kappa shape index (κ3) is 2.73. The molecule has 2 rings (SSSR count). The number of hydrogen-bond acceptors (Lipinski definition) is 3. The van der Waals surface area contributed by atoms with E-state index in [1.54, 1.807) is 0 Å². The Hall–Kier alpha value is -0.640. The van der Waals surface area contributed by atoms with Gasteiger partial charge in [0.15, 0.2) is 5.79 Å². The van der Waals surface area contributed by atoms with Gasteiger partial charge in [0.05, 0.1) is 25.4 Å². The summed E-state index contributed by atoms with van der Waals surface area (Å²) in [5, 5.41) is 0. The highest BCUT2D eigenvalue weighted by Crippen LogP contribution is 2.27. The summed E-state index contributed by atoms with van der Waals surface area (Å²) >= 11 is 0. The standard InChI is InChI=1S/C13H20O3/c1-4-5-11-7-6-10-8-14-13(2,3)15-9-12(10)16-11/h4,6-7,10-12H,1,5,8-9H2,2-3H3/t10-,11-,12-/m1/s1. The molecule has 0 aromatic heterocycles. The summed E-state index contributed by atoms with van der Waals surface area (Å²) in [7, 11) is 0. The smallest absolute Gasteiger partial charge is 0.162 e. The van der Waals surface area contributed by atoms with Gasteiger partial charge in [0.1, 0.15) is 0 Å². The van der Waals surface area contributed by atoms with Crippen molar-refractivity contribution in [3.63, 3.8) is 0 Å². The number of ether oxygens (including phenoxy) is 3. The van der Waals surface area contributed by atoms with Gasteiger partial charge in [-0.15, -0.1) is 6.58 Å². The number of rotatable bonds is 2. The van der Waals surface area contributed by atoms with E-state index in [0.29, 0.717) is 19.1 Å². The Bertz CT molecular complexity index is 283. The van der Waals surface area contributed by atoms with E-state index in [1.807, 2.05) is 19.9 Å². The van der Waals surface area contributed by atoms with E-state index in [4.69, 9.17) is 14.2 Å². The van der Waals surface area contributed by atoms with Gasteiger partial charge < -0.3 is 14.2 Å². The molecular formula is C13H20O3. The summed E-state index contributed by atoms with van der Waals surface area (Å²) in [6, 6.07) is 0. The molecule has 2 aliphatic rings. The van der Waals surface area contributed by atoms with Crippen LogP contribution in [0.3, 0.4) is 0 Å². The van der Waals surface area contributed by atoms with Crippen LogP contribution in [0.4, 0.5) is 0 Å². The van der Waals surface area contributed by atoms with E-state index in [-0.39, 0.29) is 12.2 Å². The summed E-state index contributed by atoms with van der Waals surface area (Å²) in [4.78, 5) is 0. The SMILES string of the molecule is C=CC[C@@H]1C=C[C@@H]2COC(C)(C)OC[C@H]2O1. The number of hydrogen-bond donors (Lipinski definition) is 0. The van der Waals surface area contributed by atoms with Crippen LogP contribution in [0.2, 0.25) is 0 Å². The largest absolute Gasteiger partial charge is 0.367 e. The molecule has 90 valence electrons. The minimum Gasteiger partial charge on any atom is -0.367 e. The molecule has 0 unspecified atom stereocenters. The lowest BCUT2D eigenvalue weighted by Gasteiger charge is -2.29. The Morgan fingerprint density at radius 2 is 2.06 bits per heavy atom. The molecule has 1 fully saturated rings. The molecule has 0 radical (unpaired) electrons. The second-order valence-corrected chi connectivity index (χ2v) is 4.81. The molecule has 2 heterocycles. The summed E-state index contributed by atoms with van der Waals surface area (Å²) in [6.07, 6.45) is 7.27. The molecule has 0 aromatic carbocycles. The minimum absolute atomic E-state index is 0.108. The molecule has 16 heavy (non-hydrogen) atoms. The van der Waals surface area contributed by atoms with Crippen LogP contribution < -0.4 is 0 Å². The van der Waals surface area contributed by atoms with E-state index >= 15 is 0 Å². The topological polar surface area (TPSA) is 27.7 Å². The van der Waals surface area contributed by atoms with Crippen molar-refractivity contribution in [1.82, 2.24) is 0 Å². The number of fused-ring (bicyclic) bond motifs is 1. The van der Waals surface area contributed by atoms with Crippen LogP contribution in [0, 0.1) is 5.92 Å². The molecule has 0 amide bonds. The van der Waals surface area contributed by atoms with Crippen LogP contribution in [0.5, 0.6) is 0 Å². The Morgan fingerprint density at radius 1 is 1.31 bits per heavy atom. The van der Waals surface area contributed by atoms with E-state index in [9.17, 15) is 0 Å². The Balaban J connectivity index is 2.01. The molecule has 3 atom stereocenters. The van der Waals surface area contributed by atoms with Gasteiger partial charge in [-0.2, -0.15) is 0 Å². The first-order valence-corrected chi connectivity index (χ1v) is 5.83. The van der Waals surface area contributed by atoms with Gasteiger partial charge in [-0.05, 0) is 20.3 Å². The molecule has 0 bridgehead atoms. The van der Waals surface area contributed by atoms with Gasteiger partial charge in [0.2, 0.25) is 0 Å². The van der Waals surface area contributed by atoms with Crippen LogP contribution in [0.1, 0.15) is 20.3 Å². The predicted octanol–water partition coefficient (Wildman–Crippen LogP) is 2.29.